The molecule has 22 heavy (non-hydrogen) atoms. The van der Waals surface area contributed by atoms with Crippen LogP contribution in [-0.4, -0.2) is 38.4 Å². The Balaban J connectivity index is 2.11. The molecule has 7 nitrogen and oxygen atoms in total. The van der Waals surface area contributed by atoms with Gasteiger partial charge >= 0.3 is 18.0 Å². The summed E-state index contributed by atoms with van der Waals surface area (Å²) >= 11 is 0. The topological polar surface area (TPSA) is 90.9 Å². The maximum Gasteiger partial charge on any atom is 0.407 e. The van der Waals surface area contributed by atoms with E-state index in [0.29, 0.717) is 6.54 Å². The maximum atomic E-state index is 11.4. The predicted molar refractivity (Wildman–Crippen MR) is 76.7 cm³/mol. The van der Waals surface area contributed by atoms with Crippen LogP contribution in [-0.2, 0) is 30.3 Å². The molecule has 0 heterocycles. The number of hydrogen-bond donors (Lipinski definition) is 1. The Morgan fingerprint density at radius 2 is 1.64 bits per heavy atom. The third kappa shape index (κ3) is 7.68. The van der Waals surface area contributed by atoms with Crippen molar-refractivity contribution >= 4 is 18.0 Å². The molecular formula is C15H17NO6. The van der Waals surface area contributed by atoms with E-state index in [-0.39, 0.29) is 13.2 Å². The summed E-state index contributed by atoms with van der Waals surface area (Å²) in [5.74, 6) is -1.38. The zero-order valence-corrected chi connectivity index (χ0v) is 12.1. The van der Waals surface area contributed by atoms with E-state index in [2.05, 4.69) is 10.1 Å². The molecule has 1 amide bonds. The zero-order chi connectivity index (χ0) is 16.2. The van der Waals surface area contributed by atoms with E-state index < -0.39 is 18.0 Å². The first-order chi connectivity index (χ1) is 10.6. The van der Waals surface area contributed by atoms with Crippen molar-refractivity contribution in [3.63, 3.8) is 0 Å². The fraction of sp³-hybridized carbons (Fsp3) is 0.267. The molecule has 0 fully saturated rings. The highest BCUT2D eigenvalue weighted by atomic mass is 16.6. The minimum absolute atomic E-state index is 0.0849. The van der Waals surface area contributed by atoms with E-state index in [0.717, 1.165) is 17.7 Å². The monoisotopic (exact) mass is 307 g/mol. The van der Waals surface area contributed by atoms with Crippen LogP contribution < -0.4 is 5.32 Å². The quantitative estimate of drug-likeness (QED) is 0.352. The highest BCUT2D eigenvalue weighted by molar-refractivity contribution is 5.91. The third-order valence-corrected chi connectivity index (χ3v) is 2.40. The van der Waals surface area contributed by atoms with Gasteiger partial charge in [0.1, 0.15) is 13.2 Å². The normalized spacial score (nSPS) is 10.0. The number of carbonyl (C=O) groups is 3. The molecule has 0 aliphatic carbocycles. The SMILES string of the molecule is COC(=O)/C=C/C(=O)OCCOC(=O)NCc1ccccc1. The van der Waals surface area contributed by atoms with Gasteiger partial charge in [0.25, 0.3) is 0 Å². The lowest BCUT2D eigenvalue weighted by molar-refractivity contribution is -0.140. The fourth-order valence-electron chi connectivity index (χ4n) is 1.35. The van der Waals surface area contributed by atoms with Gasteiger partial charge in [-0.2, -0.15) is 0 Å². The number of alkyl carbamates (subject to hydrolysis) is 1. The second-order valence-electron chi connectivity index (χ2n) is 4.00. The van der Waals surface area contributed by atoms with Gasteiger partial charge in [-0.15, -0.1) is 0 Å². The van der Waals surface area contributed by atoms with Gasteiger partial charge in [-0.3, -0.25) is 0 Å². The number of benzene rings is 1. The molecule has 0 aliphatic rings. The summed E-state index contributed by atoms with van der Waals surface area (Å²) < 4.78 is 13.8. The molecule has 0 saturated heterocycles. The molecule has 1 aromatic carbocycles. The van der Waals surface area contributed by atoms with Gasteiger partial charge in [-0.1, -0.05) is 30.3 Å². The lowest BCUT2D eigenvalue weighted by Crippen LogP contribution is -2.25. The van der Waals surface area contributed by atoms with Gasteiger partial charge in [-0.25, -0.2) is 14.4 Å². The van der Waals surface area contributed by atoms with Gasteiger partial charge in [-0.05, 0) is 5.56 Å². The van der Waals surface area contributed by atoms with Gasteiger partial charge in [0.15, 0.2) is 0 Å². The molecule has 0 bridgehead atoms. The summed E-state index contributed by atoms with van der Waals surface area (Å²) in [6.07, 6.45) is 1.27. The molecular weight excluding hydrogens is 290 g/mol. The molecule has 0 spiro atoms. The van der Waals surface area contributed by atoms with Crippen molar-refractivity contribution in [2.45, 2.75) is 6.54 Å². The van der Waals surface area contributed by atoms with Crippen LogP contribution in [0.1, 0.15) is 5.56 Å². The molecule has 0 saturated carbocycles. The summed E-state index contributed by atoms with van der Waals surface area (Å²) in [6, 6.07) is 9.35. The number of ether oxygens (including phenoxy) is 3. The van der Waals surface area contributed by atoms with Gasteiger partial charge in [0.05, 0.1) is 7.11 Å². The van der Waals surface area contributed by atoms with E-state index in [9.17, 15) is 14.4 Å². The van der Waals surface area contributed by atoms with Crippen molar-refractivity contribution in [1.29, 1.82) is 0 Å². The van der Waals surface area contributed by atoms with Crippen LogP contribution in [0.4, 0.5) is 4.79 Å². The highest BCUT2D eigenvalue weighted by Crippen LogP contribution is 1.97. The third-order valence-electron chi connectivity index (χ3n) is 2.40. The Morgan fingerprint density at radius 3 is 2.32 bits per heavy atom. The molecule has 1 N–H and O–H groups in total. The van der Waals surface area contributed by atoms with Crippen LogP contribution in [0, 0.1) is 0 Å². The van der Waals surface area contributed by atoms with E-state index in [1.165, 1.54) is 7.11 Å². The number of amides is 1. The first kappa shape index (κ1) is 17.2. The Hall–Kier alpha value is -2.83. The predicted octanol–water partition coefficient (Wildman–Crippen LogP) is 1.19. The van der Waals surface area contributed by atoms with E-state index in [1.54, 1.807) is 0 Å². The number of carbonyl (C=O) groups excluding carboxylic acids is 3. The zero-order valence-electron chi connectivity index (χ0n) is 12.1. The molecule has 0 atom stereocenters. The van der Waals surface area contributed by atoms with Crippen LogP contribution in [0.25, 0.3) is 0 Å². The Kier molecular flexibility index (Phi) is 7.81. The molecule has 118 valence electrons. The summed E-state index contributed by atoms with van der Waals surface area (Å²) in [7, 11) is 1.19. The lowest BCUT2D eigenvalue weighted by Gasteiger charge is -2.07. The summed E-state index contributed by atoms with van der Waals surface area (Å²) in [5.41, 5.74) is 0.943. The molecule has 1 rings (SSSR count). The van der Waals surface area contributed by atoms with Crippen molar-refractivity contribution in [2.75, 3.05) is 20.3 Å². The maximum absolute atomic E-state index is 11.4. The standard InChI is InChI=1S/C15H17NO6/c1-20-13(17)7-8-14(18)21-9-10-22-15(19)16-11-12-5-3-2-4-6-12/h2-8H,9-11H2,1H3,(H,16,19)/b8-7+. The summed E-state index contributed by atoms with van der Waals surface area (Å²) in [4.78, 5) is 33.2. The van der Waals surface area contributed by atoms with Gasteiger partial charge in [0.2, 0.25) is 0 Å². The van der Waals surface area contributed by atoms with Crippen LogP contribution in [0.2, 0.25) is 0 Å². The second kappa shape index (κ2) is 9.98. The van der Waals surface area contributed by atoms with E-state index in [1.807, 2.05) is 30.3 Å². The Morgan fingerprint density at radius 1 is 1.00 bits per heavy atom. The van der Waals surface area contributed by atoms with Crippen molar-refractivity contribution < 1.29 is 28.6 Å². The number of hydrogen-bond acceptors (Lipinski definition) is 6. The minimum atomic E-state index is -0.723. The van der Waals surface area contributed by atoms with Gasteiger partial charge in [0, 0.05) is 18.7 Å². The van der Waals surface area contributed by atoms with Crippen molar-refractivity contribution in [3.8, 4) is 0 Å². The van der Waals surface area contributed by atoms with Crippen LogP contribution in [0.15, 0.2) is 42.5 Å². The Bertz CT molecular complexity index is 526. The summed E-state index contributed by atoms with van der Waals surface area (Å²) in [5, 5.41) is 2.56. The largest absolute Gasteiger partial charge is 0.466 e. The van der Waals surface area contributed by atoms with Crippen LogP contribution >= 0.6 is 0 Å². The summed E-state index contributed by atoms with van der Waals surface area (Å²) in [6.45, 7) is 0.156. The smallest absolute Gasteiger partial charge is 0.407 e. The van der Waals surface area contributed by atoms with Crippen molar-refractivity contribution in [1.82, 2.24) is 5.32 Å². The Labute approximate surface area is 127 Å². The average Bonchev–Trinajstić information content (AvgIpc) is 2.55. The molecule has 0 aromatic heterocycles. The number of nitrogens with one attached hydrogen (secondary N) is 1. The first-order valence-corrected chi connectivity index (χ1v) is 6.49. The average molecular weight is 307 g/mol. The highest BCUT2D eigenvalue weighted by Gasteiger charge is 2.03. The molecule has 1 aromatic rings. The molecule has 0 radical (unpaired) electrons. The van der Waals surface area contributed by atoms with Crippen molar-refractivity contribution in [3.05, 3.63) is 48.0 Å². The van der Waals surface area contributed by atoms with Crippen LogP contribution in [0.3, 0.4) is 0 Å². The number of rotatable bonds is 7. The molecule has 0 aliphatic heterocycles. The number of methoxy groups -OCH3 is 1. The number of esters is 2. The van der Waals surface area contributed by atoms with Gasteiger partial charge < -0.3 is 19.5 Å². The molecule has 0 unspecified atom stereocenters. The lowest BCUT2D eigenvalue weighted by atomic mass is 10.2. The van der Waals surface area contributed by atoms with E-state index in [4.69, 9.17) is 9.47 Å². The fourth-order valence-corrected chi connectivity index (χ4v) is 1.35. The first-order valence-electron chi connectivity index (χ1n) is 6.49. The van der Waals surface area contributed by atoms with Crippen molar-refractivity contribution in [2.24, 2.45) is 0 Å². The van der Waals surface area contributed by atoms with E-state index >= 15 is 0 Å². The van der Waals surface area contributed by atoms with Crippen LogP contribution in [0.5, 0.6) is 0 Å². The minimum Gasteiger partial charge on any atom is -0.466 e. The second-order valence-corrected chi connectivity index (χ2v) is 4.00. The molecule has 7 heteroatoms.